The Balaban J connectivity index is 1.70. The van der Waals surface area contributed by atoms with Crippen LogP contribution < -0.4 is 5.32 Å². The van der Waals surface area contributed by atoms with Gasteiger partial charge in [-0.05, 0) is 48.4 Å². The Morgan fingerprint density at radius 3 is 2.41 bits per heavy atom. The first-order valence-electron chi connectivity index (χ1n) is 10.2. The van der Waals surface area contributed by atoms with Crippen LogP contribution in [0.15, 0.2) is 48.5 Å². The molecular weight excluding hydrogens is 430 g/mol. The van der Waals surface area contributed by atoms with Crippen LogP contribution in [0.25, 0.3) is 11.4 Å². The van der Waals surface area contributed by atoms with Crippen molar-refractivity contribution in [3.63, 3.8) is 0 Å². The number of benzene rings is 2. The number of nitrogens with zero attached hydrogens (tertiary/aromatic N) is 5. The lowest BCUT2D eigenvalue weighted by Gasteiger charge is -2.16. The highest BCUT2D eigenvalue weighted by Gasteiger charge is 2.18. The number of hydrogen-bond donors (Lipinski definition) is 1. The van der Waals surface area contributed by atoms with E-state index in [1.807, 2.05) is 36.4 Å². The van der Waals surface area contributed by atoms with Crippen molar-refractivity contribution in [2.45, 2.75) is 39.1 Å². The number of rotatable bonds is 8. The summed E-state index contributed by atoms with van der Waals surface area (Å²) in [5.74, 6) is -0.126. The molecule has 0 aliphatic rings. The van der Waals surface area contributed by atoms with Crippen LogP contribution in [0.1, 0.15) is 32.8 Å². The van der Waals surface area contributed by atoms with Crippen LogP contribution in [-0.2, 0) is 21.5 Å². The third kappa shape index (κ3) is 5.95. The maximum atomic E-state index is 14.1. The molecule has 2 unspecified atom stereocenters. The topological polar surface area (TPSA) is 93.0 Å². The number of amides is 2. The molecule has 2 aromatic carbocycles. The minimum Gasteiger partial charge on any atom is -0.355 e. The van der Waals surface area contributed by atoms with Crippen molar-refractivity contribution in [2.24, 2.45) is 0 Å². The third-order valence-electron chi connectivity index (χ3n) is 4.85. The number of nitrogens with one attached hydrogen (secondary N) is 1. The summed E-state index contributed by atoms with van der Waals surface area (Å²) in [5, 5.41) is 14.5. The average Bonchev–Trinajstić information content (AvgIpc) is 3.19. The molecule has 0 aliphatic carbocycles. The zero-order valence-corrected chi connectivity index (χ0v) is 19.4. The fourth-order valence-electron chi connectivity index (χ4n) is 3.17. The number of tetrazole rings is 1. The summed E-state index contributed by atoms with van der Waals surface area (Å²) >= 11 is 0. The van der Waals surface area contributed by atoms with Crippen LogP contribution in [0.5, 0.6) is 0 Å². The van der Waals surface area contributed by atoms with Crippen LogP contribution in [0.4, 0.5) is 15.8 Å². The maximum absolute atomic E-state index is 14.1. The van der Waals surface area contributed by atoms with Gasteiger partial charge in [-0.15, -0.1) is 10.2 Å². The van der Waals surface area contributed by atoms with Gasteiger partial charge in [0, 0.05) is 37.3 Å². The molecule has 168 valence electrons. The fraction of sp³-hybridized carbons (Fsp3) is 0.318. The van der Waals surface area contributed by atoms with E-state index in [1.54, 1.807) is 12.1 Å². The molecule has 32 heavy (non-hydrogen) atoms. The van der Waals surface area contributed by atoms with E-state index in [1.165, 1.54) is 30.5 Å². The van der Waals surface area contributed by atoms with Gasteiger partial charge in [-0.3, -0.25) is 14.5 Å². The average molecular weight is 456 g/mol. The summed E-state index contributed by atoms with van der Waals surface area (Å²) in [7, 11) is 2.19. The molecule has 0 saturated heterocycles. The largest absolute Gasteiger partial charge is 0.355 e. The monoisotopic (exact) mass is 456 g/mol. The van der Waals surface area contributed by atoms with Gasteiger partial charge in [0.15, 0.2) is 0 Å². The molecule has 3 rings (SSSR count). The number of alkyl halides is 1. The number of halogens is 1. The number of aromatic nitrogens is 4. The predicted octanol–water partition coefficient (Wildman–Crippen LogP) is 3.89. The molecule has 0 saturated carbocycles. The van der Waals surface area contributed by atoms with E-state index in [2.05, 4.69) is 30.0 Å². The summed E-state index contributed by atoms with van der Waals surface area (Å²) in [5.41, 5.74) is 2.92. The second-order valence-corrected chi connectivity index (χ2v) is 8.66. The van der Waals surface area contributed by atoms with Gasteiger partial charge in [0.2, 0.25) is 17.6 Å². The zero-order chi connectivity index (χ0) is 23.3. The van der Waals surface area contributed by atoms with Crippen molar-refractivity contribution in [1.82, 2.24) is 25.1 Å². The molecule has 10 heteroatoms. The van der Waals surface area contributed by atoms with E-state index in [0.717, 1.165) is 16.9 Å². The van der Waals surface area contributed by atoms with Gasteiger partial charge < -0.3 is 5.32 Å². The second kappa shape index (κ2) is 9.96. The fourth-order valence-corrected chi connectivity index (χ4v) is 3.37. The highest BCUT2D eigenvalue weighted by molar-refractivity contribution is 7.18. The van der Waals surface area contributed by atoms with E-state index in [9.17, 15) is 14.0 Å². The molecule has 0 spiro atoms. The van der Waals surface area contributed by atoms with E-state index in [4.69, 9.17) is 0 Å². The maximum Gasteiger partial charge on any atom is 0.226 e. The minimum atomic E-state index is -1.48. The van der Waals surface area contributed by atoms with Crippen molar-refractivity contribution in [3.05, 3.63) is 54.1 Å². The number of carbonyl (C=O) groups excluding carboxylic acids is 2. The smallest absolute Gasteiger partial charge is 0.226 e. The lowest BCUT2D eigenvalue weighted by molar-refractivity contribution is -0.142. The highest BCUT2D eigenvalue weighted by atomic mass is 31.0. The van der Waals surface area contributed by atoms with Crippen LogP contribution in [0.3, 0.4) is 0 Å². The Kier molecular flexibility index (Phi) is 7.30. The van der Waals surface area contributed by atoms with E-state index in [0.29, 0.717) is 30.9 Å². The molecule has 1 aromatic heterocycles. The minimum absolute atomic E-state index is 0.286. The lowest BCUT2D eigenvalue weighted by Crippen LogP contribution is -2.34. The Hall–Kier alpha value is -3.19. The quantitative estimate of drug-likeness (QED) is 0.517. The Bertz CT molecular complexity index is 1080. The molecule has 0 aliphatic heterocycles. The number of anilines is 2. The molecule has 2 atom stereocenters. The molecule has 3 aromatic rings. The van der Waals surface area contributed by atoms with Crippen LogP contribution in [-0.4, -0.2) is 43.5 Å². The Labute approximate surface area is 188 Å². The summed E-state index contributed by atoms with van der Waals surface area (Å²) < 4.78 is 14.1. The van der Waals surface area contributed by atoms with Crippen LogP contribution in [0.2, 0.25) is 0 Å². The molecule has 1 N–H and O–H groups in total. The highest BCUT2D eigenvalue weighted by Crippen LogP contribution is 2.34. The van der Waals surface area contributed by atoms with E-state index in [-0.39, 0.29) is 11.8 Å². The van der Waals surface area contributed by atoms with Crippen LogP contribution in [0, 0.1) is 0 Å². The third-order valence-corrected chi connectivity index (χ3v) is 5.18. The van der Waals surface area contributed by atoms with Crippen molar-refractivity contribution < 1.29 is 14.0 Å². The zero-order valence-electron chi connectivity index (χ0n) is 18.2. The van der Waals surface area contributed by atoms with Gasteiger partial charge >= 0.3 is 0 Å². The summed E-state index contributed by atoms with van der Waals surface area (Å²) in [4.78, 5) is 25.6. The summed E-state index contributed by atoms with van der Waals surface area (Å²) in [6.45, 7) is 4.92. The first-order chi connectivity index (χ1) is 15.1. The normalized spacial score (nSPS) is 12.8. The van der Waals surface area contributed by atoms with Crippen molar-refractivity contribution >= 4 is 32.4 Å². The summed E-state index contributed by atoms with van der Waals surface area (Å²) in [6.07, 6.45) is 0.518. The first kappa shape index (κ1) is 23.5. The van der Waals surface area contributed by atoms with E-state index < -0.39 is 5.41 Å². The van der Waals surface area contributed by atoms with Crippen molar-refractivity contribution in [2.75, 3.05) is 11.9 Å². The lowest BCUT2D eigenvalue weighted by atomic mass is 10.1. The molecular formula is C22H26FN6O2P. The number of para-hydroxylation sites is 1. The molecule has 0 bridgehead atoms. The molecule has 0 radical (unpaired) electrons. The molecule has 2 amide bonds. The number of hydrogen-bond acceptors (Lipinski definition) is 6. The SMILES string of the molecule is CC(=O)N(CCCn1nnc(-c2ccccc2Nc2ccc(C(C)(F)P)cc2)n1)C(C)=O. The van der Waals surface area contributed by atoms with Crippen molar-refractivity contribution in [1.29, 1.82) is 0 Å². The number of carbonyl (C=O) groups is 2. The van der Waals surface area contributed by atoms with Gasteiger partial charge in [-0.25, -0.2) is 4.39 Å². The summed E-state index contributed by atoms with van der Waals surface area (Å²) in [6, 6.07) is 14.6. The van der Waals surface area contributed by atoms with Crippen LogP contribution >= 0.6 is 9.24 Å². The van der Waals surface area contributed by atoms with Gasteiger partial charge in [-0.2, -0.15) is 4.80 Å². The van der Waals surface area contributed by atoms with Gasteiger partial charge in [0.05, 0.1) is 6.54 Å². The second-order valence-electron chi connectivity index (χ2n) is 7.58. The Morgan fingerprint density at radius 2 is 1.78 bits per heavy atom. The standard InChI is InChI=1S/C22H26FN6O2P/c1-15(30)28(16(2)31)13-6-14-29-26-21(25-27-29)19-7-4-5-8-20(19)24-18-11-9-17(10-12-18)22(3,23)32/h4-5,7-12,24H,6,13-14,32H2,1-3H3. The van der Waals surface area contributed by atoms with E-state index >= 15 is 0 Å². The first-order valence-corrected chi connectivity index (χ1v) is 10.7. The van der Waals surface area contributed by atoms with Crippen molar-refractivity contribution in [3.8, 4) is 11.4 Å². The number of aryl methyl sites for hydroxylation is 1. The number of imide groups is 1. The van der Waals surface area contributed by atoms with Gasteiger partial charge in [0.25, 0.3) is 0 Å². The molecule has 8 nitrogen and oxygen atoms in total. The molecule has 1 heterocycles. The van der Waals surface area contributed by atoms with Gasteiger partial charge in [-0.1, -0.05) is 33.5 Å². The van der Waals surface area contributed by atoms with Gasteiger partial charge in [0.1, 0.15) is 5.41 Å². The predicted molar refractivity (Wildman–Crippen MR) is 124 cm³/mol. The Morgan fingerprint density at radius 1 is 1.12 bits per heavy atom. The molecule has 0 fully saturated rings.